The summed E-state index contributed by atoms with van der Waals surface area (Å²) in [6, 6.07) is 22.1. The zero-order valence-electron chi connectivity index (χ0n) is 21.0. The number of hydrogen-bond acceptors (Lipinski definition) is 3. The number of nitrogens with zero attached hydrogens (tertiary/aromatic N) is 1. The Morgan fingerprint density at radius 1 is 0.895 bits per heavy atom. The second-order valence-electron chi connectivity index (χ2n) is 9.54. The van der Waals surface area contributed by atoms with Gasteiger partial charge in [0.25, 0.3) is 0 Å². The maximum Gasteiger partial charge on any atom is 0.243 e. The highest BCUT2D eigenvalue weighted by atomic mass is 35.5. The van der Waals surface area contributed by atoms with Crippen LogP contribution in [-0.2, 0) is 28.3 Å². The van der Waals surface area contributed by atoms with Crippen LogP contribution in [0.25, 0.3) is 0 Å². The van der Waals surface area contributed by atoms with Crippen LogP contribution in [0, 0.1) is 0 Å². The van der Waals surface area contributed by atoms with E-state index in [-0.39, 0.29) is 30.2 Å². The lowest BCUT2D eigenvalue weighted by atomic mass is 10.0. The molecule has 2 amide bonds. The molecule has 0 heterocycles. The smallest absolute Gasteiger partial charge is 0.243 e. The number of nitrogens with one attached hydrogen (secondary N) is 1. The molecule has 200 valence electrons. The molecule has 0 aromatic heterocycles. The second kappa shape index (κ2) is 14.3. The highest BCUT2D eigenvalue weighted by molar-refractivity contribution is 7.99. The van der Waals surface area contributed by atoms with E-state index in [1.165, 1.54) is 11.8 Å². The van der Waals surface area contributed by atoms with Crippen LogP contribution in [0.2, 0.25) is 15.1 Å². The minimum Gasteiger partial charge on any atom is -0.352 e. The molecular weight excluding hydrogens is 559 g/mol. The van der Waals surface area contributed by atoms with Crippen LogP contribution in [0.4, 0.5) is 0 Å². The van der Waals surface area contributed by atoms with Gasteiger partial charge >= 0.3 is 0 Å². The fourth-order valence-electron chi connectivity index (χ4n) is 4.70. The highest BCUT2D eigenvalue weighted by Gasteiger charge is 2.32. The third-order valence-corrected chi connectivity index (χ3v) is 8.69. The summed E-state index contributed by atoms with van der Waals surface area (Å²) in [6.45, 7) is 0.205. The molecule has 1 fully saturated rings. The Kier molecular flexibility index (Phi) is 10.8. The monoisotopic (exact) mass is 588 g/mol. The molecule has 1 aliphatic carbocycles. The van der Waals surface area contributed by atoms with Gasteiger partial charge in [0.05, 0.1) is 5.75 Å². The molecule has 38 heavy (non-hydrogen) atoms. The minimum absolute atomic E-state index is 0.129. The molecule has 0 bridgehead atoms. The van der Waals surface area contributed by atoms with E-state index in [4.69, 9.17) is 34.8 Å². The van der Waals surface area contributed by atoms with E-state index in [1.807, 2.05) is 60.7 Å². The van der Waals surface area contributed by atoms with E-state index in [1.54, 1.807) is 17.0 Å². The maximum atomic E-state index is 13.8. The first-order valence-corrected chi connectivity index (χ1v) is 15.1. The number of halogens is 3. The molecule has 1 N–H and O–H groups in total. The topological polar surface area (TPSA) is 49.4 Å². The Bertz CT molecular complexity index is 1240. The number of rotatable bonds is 11. The Morgan fingerprint density at radius 3 is 2.32 bits per heavy atom. The van der Waals surface area contributed by atoms with Crippen LogP contribution >= 0.6 is 46.6 Å². The van der Waals surface area contributed by atoms with Crippen molar-refractivity contribution in [2.24, 2.45) is 0 Å². The molecule has 0 saturated heterocycles. The fraction of sp³-hybridized carbons (Fsp3) is 0.333. The lowest BCUT2D eigenvalue weighted by Crippen LogP contribution is -2.52. The van der Waals surface area contributed by atoms with Gasteiger partial charge in [0.2, 0.25) is 11.8 Å². The summed E-state index contributed by atoms with van der Waals surface area (Å²) in [5.74, 6) is 0.544. The van der Waals surface area contributed by atoms with Gasteiger partial charge in [-0.1, -0.05) is 102 Å². The Hall–Kier alpha value is -2.18. The molecule has 1 aliphatic rings. The molecule has 0 aliphatic heterocycles. The molecule has 8 heteroatoms. The van der Waals surface area contributed by atoms with Crippen molar-refractivity contribution in [3.63, 3.8) is 0 Å². The summed E-state index contributed by atoms with van der Waals surface area (Å²) in [7, 11) is 0. The van der Waals surface area contributed by atoms with E-state index in [9.17, 15) is 9.59 Å². The zero-order chi connectivity index (χ0) is 26.9. The predicted octanol–water partition coefficient (Wildman–Crippen LogP) is 7.58. The Labute approximate surface area is 244 Å². The van der Waals surface area contributed by atoms with Gasteiger partial charge in [-0.15, -0.1) is 11.8 Å². The van der Waals surface area contributed by atoms with E-state index in [0.717, 1.165) is 42.4 Å². The van der Waals surface area contributed by atoms with E-state index in [2.05, 4.69) is 5.32 Å². The second-order valence-corrected chi connectivity index (χ2v) is 11.8. The molecule has 4 nitrogen and oxygen atoms in total. The number of benzene rings is 3. The molecule has 0 spiro atoms. The first kappa shape index (κ1) is 28.8. The summed E-state index contributed by atoms with van der Waals surface area (Å²) in [6.07, 6.45) is 4.56. The third kappa shape index (κ3) is 8.16. The van der Waals surface area contributed by atoms with Crippen molar-refractivity contribution in [3.05, 3.63) is 105 Å². The van der Waals surface area contributed by atoms with Gasteiger partial charge in [-0.25, -0.2) is 0 Å². The van der Waals surface area contributed by atoms with E-state index in [0.29, 0.717) is 27.2 Å². The molecule has 1 saturated carbocycles. The van der Waals surface area contributed by atoms with Crippen molar-refractivity contribution in [2.75, 3.05) is 5.75 Å². The van der Waals surface area contributed by atoms with E-state index < -0.39 is 6.04 Å². The number of carbonyl (C=O) groups is 2. The number of thioether (sulfide) groups is 1. The fourth-order valence-corrected chi connectivity index (χ4v) is 6.37. The molecule has 4 rings (SSSR count). The van der Waals surface area contributed by atoms with Crippen LogP contribution < -0.4 is 5.32 Å². The van der Waals surface area contributed by atoms with Gasteiger partial charge in [-0.05, 0) is 47.7 Å². The van der Waals surface area contributed by atoms with Gasteiger partial charge in [-0.2, -0.15) is 0 Å². The average Bonchev–Trinajstić information content (AvgIpc) is 3.42. The lowest BCUT2D eigenvalue weighted by molar-refractivity contribution is -0.139. The van der Waals surface area contributed by atoms with Gasteiger partial charge in [0.1, 0.15) is 6.04 Å². The van der Waals surface area contributed by atoms with Crippen molar-refractivity contribution < 1.29 is 9.59 Å². The largest absolute Gasteiger partial charge is 0.352 e. The zero-order valence-corrected chi connectivity index (χ0v) is 24.1. The highest BCUT2D eigenvalue weighted by Crippen LogP contribution is 2.26. The molecular formula is C30H31Cl3N2O2S. The van der Waals surface area contributed by atoms with Gasteiger partial charge in [-0.3, -0.25) is 9.59 Å². The Morgan fingerprint density at radius 2 is 1.61 bits per heavy atom. The number of amides is 2. The number of hydrogen-bond donors (Lipinski definition) is 1. The minimum atomic E-state index is -0.682. The summed E-state index contributed by atoms with van der Waals surface area (Å²) in [5, 5.41) is 4.88. The van der Waals surface area contributed by atoms with Crippen LogP contribution in [0.3, 0.4) is 0 Å². The van der Waals surface area contributed by atoms with Gasteiger partial charge in [0, 0.05) is 39.8 Å². The average molecular weight is 590 g/mol. The normalized spacial score (nSPS) is 14.3. The first-order chi connectivity index (χ1) is 18.4. The van der Waals surface area contributed by atoms with Crippen molar-refractivity contribution in [3.8, 4) is 0 Å². The van der Waals surface area contributed by atoms with Crippen LogP contribution in [0.5, 0.6) is 0 Å². The predicted molar refractivity (Wildman–Crippen MR) is 159 cm³/mol. The van der Waals surface area contributed by atoms with Crippen LogP contribution in [-0.4, -0.2) is 34.6 Å². The Balaban J connectivity index is 1.59. The first-order valence-electron chi connectivity index (χ1n) is 12.8. The molecule has 1 unspecified atom stereocenters. The van der Waals surface area contributed by atoms with Crippen molar-refractivity contribution in [1.82, 2.24) is 10.2 Å². The SMILES string of the molecule is O=C(NC1CCCC1)C(Cc1ccccc1)N(Cc1ccc(Cl)cc1Cl)C(=O)CSCc1ccccc1Cl. The van der Waals surface area contributed by atoms with Crippen LogP contribution in [0.15, 0.2) is 72.8 Å². The van der Waals surface area contributed by atoms with Crippen molar-refractivity contribution in [1.29, 1.82) is 0 Å². The third-order valence-electron chi connectivity index (χ3n) is 6.77. The van der Waals surface area contributed by atoms with Gasteiger partial charge < -0.3 is 10.2 Å². The summed E-state index contributed by atoms with van der Waals surface area (Å²) >= 11 is 20.4. The quantitative estimate of drug-likeness (QED) is 0.251. The summed E-state index contributed by atoms with van der Waals surface area (Å²) in [5.41, 5.74) is 2.70. The van der Waals surface area contributed by atoms with Crippen LogP contribution in [0.1, 0.15) is 42.4 Å². The molecule has 0 radical (unpaired) electrons. The molecule has 3 aromatic rings. The van der Waals surface area contributed by atoms with E-state index >= 15 is 0 Å². The van der Waals surface area contributed by atoms with Crippen molar-refractivity contribution in [2.45, 2.75) is 56.5 Å². The molecule has 1 atom stereocenters. The maximum absolute atomic E-state index is 13.8. The van der Waals surface area contributed by atoms with Gasteiger partial charge in [0.15, 0.2) is 0 Å². The standard InChI is InChI=1S/C30H31Cl3N2O2S/c31-24-15-14-22(27(33)17-24)18-35(29(36)20-38-19-23-10-4-7-13-26(23)32)28(16-21-8-2-1-3-9-21)30(37)34-25-11-5-6-12-25/h1-4,7-10,13-15,17,25,28H,5-6,11-12,16,18-20H2,(H,34,37). The van der Waals surface area contributed by atoms with Crippen molar-refractivity contribution >= 4 is 58.4 Å². The summed E-state index contributed by atoms with van der Waals surface area (Å²) in [4.78, 5) is 29.2. The lowest BCUT2D eigenvalue weighted by Gasteiger charge is -2.32. The number of carbonyl (C=O) groups excluding carboxylic acids is 2. The molecule has 3 aromatic carbocycles. The summed E-state index contributed by atoms with van der Waals surface area (Å²) < 4.78 is 0.